The molecule has 0 bridgehead atoms. The molecule has 2 saturated carbocycles. The lowest BCUT2D eigenvalue weighted by Crippen LogP contribution is -2.59. The van der Waals surface area contributed by atoms with E-state index in [1.165, 1.54) is 11.0 Å². The number of fused-ring (bicyclic) bond motifs is 3. The van der Waals surface area contributed by atoms with Crippen molar-refractivity contribution >= 4 is 56.2 Å². The molecule has 2 aromatic rings. The molecule has 1 aromatic carbocycles. The van der Waals surface area contributed by atoms with Crippen molar-refractivity contribution in [2.75, 3.05) is 19.8 Å². The van der Waals surface area contributed by atoms with Crippen molar-refractivity contribution in [3.05, 3.63) is 41.4 Å². The maximum Gasteiger partial charge on any atom is 0.408 e. The van der Waals surface area contributed by atoms with Gasteiger partial charge in [-0.3, -0.25) is 19.1 Å². The number of alkyl halides is 4. The fourth-order valence-corrected chi connectivity index (χ4v) is 9.44. The van der Waals surface area contributed by atoms with Crippen LogP contribution >= 0.6 is 11.6 Å². The molecule has 7 atom stereocenters. The number of nitrogens with one attached hydrogen (secondary N) is 3. The summed E-state index contributed by atoms with van der Waals surface area (Å²) in [4.78, 5) is 62.0. The first-order valence-corrected chi connectivity index (χ1v) is 22.3. The number of aromatic nitrogens is 1. The standard InChI is InChI=1S/C41H52ClF4N5O9S/c1-22-9-6-7-10-25-18-41(25,37(54)50-61(56,57)26-13-14-26)49-34(52)30-16-24(20-59-35-27-11-8-12-29(42)28(27)17-32(47-35)58-21-31(43)44)19-51(30)36(53)33(23(2)15-22)48-38(55)60-39(3,4)40(5,45)46/h7-8,10-12,17,22-26,30-31,33H,6,9,13-16,18-21H2,1-5H3,(H,48,55)(H,49,52)(H,50,54). The van der Waals surface area contributed by atoms with Crippen LogP contribution in [-0.4, -0.2) is 103 Å². The molecule has 1 saturated heterocycles. The number of benzene rings is 1. The smallest absolute Gasteiger partial charge is 0.408 e. The summed E-state index contributed by atoms with van der Waals surface area (Å²) in [6.45, 7) is 5.09. The Morgan fingerprint density at radius 1 is 1.08 bits per heavy atom. The molecule has 2 aliphatic carbocycles. The molecule has 336 valence electrons. The Morgan fingerprint density at radius 3 is 2.48 bits per heavy atom. The molecule has 0 radical (unpaired) electrons. The minimum absolute atomic E-state index is 0.0169. The van der Waals surface area contributed by atoms with Crippen LogP contribution in [0.15, 0.2) is 36.4 Å². The van der Waals surface area contributed by atoms with Gasteiger partial charge < -0.3 is 29.7 Å². The van der Waals surface area contributed by atoms with Crippen LogP contribution in [0.3, 0.4) is 0 Å². The van der Waals surface area contributed by atoms with Crippen LogP contribution in [0, 0.1) is 23.7 Å². The van der Waals surface area contributed by atoms with Gasteiger partial charge in [0.2, 0.25) is 33.6 Å². The van der Waals surface area contributed by atoms with Crippen LogP contribution in [0.2, 0.25) is 5.02 Å². The quantitative estimate of drug-likeness (QED) is 0.165. The topological polar surface area (TPSA) is 182 Å². The molecule has 4 amide bonds. The Balaban J connectivity index is 1.33. The van der Waals surface area contributed by atoms with Gasteiger partial charge in [0.25, 0.3) is 18.3 Å². The Kier molecular flexibility index (Phi) is 13.4. The molecule has 14 nitrogen and oxygen atoms in total. The van der Waals surface area contributed by atoms with Gasteiger partial charge in [0, 0.05) is 47.2 Å². The Bertz CT molecular complexity index is 2150. The molecular formula is C41H52ClF4N5O9S. The number of allylic oxidation sites excluding steroid dienone is 1. The molecule has 2 aliphatic heterocycles. The number of hydrogen-bond acceptors (Lipinski definition) is 10. The summed E-state index contributed by atoms with van der Waals surface area (Å²) < 4.78 is 99.4. The minimum Gasteiger partial charge on any atom is -0.477 e. The fourth-order valence-electron chi connectivity index (χ4n) is 7.85. The highest BCUT2D eigenvalue weighted by molar-refractivity contribution is 7.91. The monoisotopic (exact) mass is 901 g/mol. The Labute approximate surface area is 356 Å². The lowest BCUT2D eigenvalue weighted by molar-refractivity contribution is -0.152. The first-order valence-electron chi connectivity index (χ1n) is 20.4. The van der Waals surface area contributed by atoms with E-state index < -0.39 is 99.0 Å². The molecule has 3 heterocycles. The van der Waals surface area contributed by atoms with Crippen molar-refractivity contribution in [2.24, 2.45) is 23.7 Å². The molecule has 0 spiro atoms. The van der Waals surface area contributed by atoms with Crippen LogP contribution < -0.4 is 24.8 Å². The average Bonchev–Trinajstić information content (AvgIpc) is 4.09. The molecule has 61 heavy (non-hydrogen) atoms. The number of nitrogens with zero attached hydrogens (tertiary/aromatic N) is 2. The zero-order valence-corrected chi connectivity index (χ0v) is 36.1. The van der Waals surface area contributed by atoms with Crippen LogP contribution in [-0.2, 0) is 29.1 Å². The van der Waals surface area contributed by atoms with Crippen LogP contribution in [0.5, 0.6) is 11.8 Å². The molecule has 20 heteroatoms. The molecule has 1 aromatic heterocycles. The van der Waals surface area contributed by atoms with Gasteiger partial charge in [-0.2, -0.15) is 4.98 Å². The summed E-state index contributed by atoms with van der Waals surface area (Å²) >= 11 is 6.43. The molecule has 7 unspecified atom stereocenters. The molecule has 6 rings (SSSR count). The molecule has 3 N–H and O–H groups in total. The van der Waals surface area contributed by atoms with Gasteiger partial charge >= 0.3 is 6.09 Å². The number of halogens is 5. The number of pyridine rings is 1. The highest BCUT2D eigenvalue weighted by atomic mass is 35.5. The SMILES string of the molecule is CC1CCC=CC2CC2(C(=O)NS(=O)(=O)C2CC2)NC(=O)C2CC(COc3nc(OCC(F)F)cc4c(Cl)cccc34)CN2C(=O)C(NC(=O)OC(C)(C)C(C)(F)F)C(C)C1. The number of hydrogen-bond donors (Lipinski definition) is 3. The van der Waals surface area contributed by atoms with Gasteiger partial charge in [-0.15, -0.1) is 0 Å². The summed E-state index contributed by atoms with van der Waals surface area (Å²) in [5.74, 6) is -7.83. The summed E-state index contributed by atoms with van der Waals surface area (Å²) in [5, 5.41) is 5.68. The second-order valence-corrected chi connectivity index (χ2v) is 19.8. The minimum atomic E-state index is -4.00. The van der Waals surface area contributed by atoms with E-state index in [0.29, 0.717) is 49.8 Å². The highest BCUT2D eigenvalue weighted by Gasteiger charge is 2.62. The van der Waals surface area contributed by atoms with Gasteiger partial charge in [0.05, 0.1) is 11.9 Å². The van der Waals surface area contributed by atoms with Gasteiger partial charge in [-0.25, -0.2) is 30.8 Å². The second kappa shape index (κ2) is 17.8. The van der Waals surface area contributed by atoms with Crippen LogP contribution in [0.25, 0.3) is 10.8 Å². The van der Waals surface area contributed by atoms with E-state index in [4.69, 9.17) is 25.8 Å². The summed E-state index contributed by atoms with van der Waals surface area (Å²) in [7, 11) is -4.00. The van der Waals surface area contributed by atoms with E-state index in [-0.39, 0.29) is 48.7 Å². The third-order valence-electron chi connectivity index (χ3n) is 12.0. The van der Waals surface area contributed by atoms with Crippen molar-refractivity contribution < 1.29 is 59.4 Å². The highest BCUT2D eigenvalue weighted by Crippen LogP contribution is 2.46. The molecule has 3 fully saturated rings. The van der Waals surface area contributed by atoms with Crippen LogP contribution in [0.1, 0.15) is 79.6 Å². The summed E-state index contributed by atoms with van der Waals surface area (Å²) in [5.41, 5.74) is -3.90. The van der Waals surface area contributed by atoms with Gasteiger partial charge in [-0.05, 0) is 82.8 Å². The fraction of sp³-hybridized carbons (Fsp3) is 0.634. The van der Waals surface area contributed by atoms with E-state index in [1.807, 2.05) is 13.0 Å². The van der Waals surface area contributed by atoms with Gasteiger partial charge in [0.15, 0.2) is 12.2 Å². The number of rotatable bonds is 12. The first kappa shape index (κ1) is 46.1. The van der Waals surface area contributed by atoms with E-state index in [2.05, 4.69) is 20.3 Å². The lowest BCUT2D eigenvalue weighted by atomic mass is 9.88. The number of amides is 4. The Hall–Kier alpha value is -4.39. The number of ether oxygens (including phenoxy) is 3. The van der Waals surface area contributed by atoms with E-state index in [0.717, 1.165) is 13.8 Å². The van der Waals surface area contributed by atoms with E-state index in [9.17, 15) is 45.2 Å². The maximum atomic E-state index is 14.8. The van der Waals surface area contributed by atoms with Gasteiger partial charge in [-0.1, -0.05) is 43.7 Å². The number of alkyl carbamates (subject to hydrolysis) is 1. The largest absolute Gasteiger partial charge is 0.477 e. The first-order chi connectivity index (χ1) is 28.5. The number of carbonyl (C=O) groups excluding carboxylic acids is 4. The Morgan fingerprint density at radius 2 is 1.80 bits per heavy atom. The number of sulfonamides is 1. The predicted molar refractivity (Wildman–Crippen MR) is 216 cm³/mol. The third-order valence-corrected chi connectivity index (χ3v) is 14.1. The zero-order chi connectivity index (χ0) is 44.7. The van der Waals surface area contributed by atoms with Crippen molar-refractivity contribution in [3.8, 4) is 11.8 Å². The van der Waals surface area contributed by atoms with Gasteiger partial charge in [0.1, 0.15) is 17.6 Å². The van der Waals surface area contributed by atoms with Crippen molar-refractivity contribution in [3.63, 3.8) is 0 Å². The molecular weight excluding hydrogens is 850 g/mol. The maximum absolute atomic E-state index is 14.8. The third kappa shape index (κ3) is 10.6. The number of carbonyl (C=O) groups is 4. The van der Waals surface area contributed by atoms with Crippen molar-refractivity contribution in [1.82, 2.24) is 25.2 Å². The van der Waals surface area contributed by atoms with Crippen molar-refractivity contribution in [1.29, 1.82) is 0 Å². The molecule has 4 aliphatic rings. The lowest BCUT2D eigenvalue weighted by Gasteiger charge is -2.35. The normalized spacial score (nSPS) is 27.6. The predicted octanol–water partition coefficient (Wildman–Crippen LogP) is 6.15. The van der Waals surface area contributed by atoms with E-state index in [1.54, 1.807) is 31.2 Å². The second-order valence-electron chi connectivity index (χ2n) is 17.4. The zero-order valence-electron chi connectivity index (χ0n) is 34.5. The summed E-state index contributed by atoms with van der Waals surface area (Å²) in [6.07, 6.45) is 2.01. The average molecular weight is 902 g/mol. The van der Waals surface area contributed by atoms with E-state index >= 15 is 0 Å². The van der Waals surface area contributed by atoms with Crippen LogP contribution in [0.4, 0.5) is 22.4 Å². The summed E-state index contributed by atoms with van der Waals surface area (Å²) in [6, 6.07) is 3.62. The van der Waals surface area contributed by atoms with Crippen molar-refractivity contribution in [2.45, 2.75) is 120 Å².